The van der Waals surface area contributed by atoms with Gasteiger partial charge in [0, 0.05) is 34.3 Å². The van der Waals surface area contributed by atoms with Gasteiger partial charge >= 0.3 is 0 Å². The fraction of sp³-hybridized carbons (Fsp3) is 0.200. The number of nitrogens with zero attached hydrogens (tertiary/aromatic N) is 2. The van der Waals surface area contributed by atoms with Crippen LogP contribution < -0.4 is 5.32 Å². The molecule has 7 heteroatoms. The lowest BCUT2D eigenvalue weighted by Crippen LogP contribution is -1.90. The summed E-state index contributed by atoms with van der Waals surface area (Å²) >= 11 is 15.0. The summed E-state index contributed by atoms with van der Waals surface area (Å²) in [5, 5.41) is 9.49. The molecule has 0 aliphatic heterocycles. The molecule has 2 rings (SSSR count). The van der Waals surface area contributed by atoms with Crippen molar-refractivity contribution in [2.45, 2.75) is 10.6 Å². The predicted molar refractivity (Wildman–Crippen MR) is 75.5 cm³/mol. The van der Waals surface area contributed by atoms with E-state index in [0.29, 0.717) is 15.8 Å². The minimum absolute atomic E-state index is 0.683. The lowest BCUT2D eigenvalue weighted by Gasteiger charge is -2.04. The number of hydrogen-bond acceptors (Lipinski definition) is 5. The van der Waals surface area contributed by atoms with E-state index in [1.54, 1.807) is 23.9 Å². The third kappa shape index (κ3) is 3.25. The Kier molecular flexibility index (Phi) is 4.50. The van der Waals surface area contributed by atoms with E-state index in [0.717, 1.165) is 15.6 Å². The first-order valence-corrected chi connectivity index (χ1v) is 7.29. The average Bonchev–Trinajstić information content (AvgIpc) is 2.77. The molecule has 17 heavy (non-hydrogen) atoms. The van der Waals surface area contributed by atoms with Gasteiger partial charge in [0.1, 0.15) is 10.7 Å². The van der Waals surface area contributed by atoms with Crippen molar-refractivity contribution in [3.05, 3.63) is 33.9 Å². The van der Waals surface area contributed by atoms with Crippen LogP contribution in [0.25, 0.3) is 0 Å². The number of anilines is 1. The fourth-order valence-electron chi connectivity index (χ4n) is 1.23. The molecule has 0 unspecified atom stereocenters. The molecule has 90 valence electrons. The first-order chi connectivity index (χ1) is 8.20. The molecule has 1 heterocycles. The van der Waals surface area contributed by atoms with E-state index >= 15 is 0 Å². The molecule has 1 N–H and O–H groups in total. The molecule has 0 atom stereocenters. The van der Waals surface area contributed by atoms with Crippen molar-refractivity contribution < 1.29 is 0 Å². The van der Waals surface area contributed by atoms with E-state index in [-0.39, 0.29) is 0 Å². The van der Waals surface area contributed by atoms with Crippen molar-refractivity contribution in [2.24, 2.45) is 0 Å². The van der Waals surface area contributed by atoms with E-state index in [9.17, 15) is 0 Å². The number of halogens is 2. The molecule has 0 saturated heterocycles. The summed E-state index contributed by atoms with van der Waals surface area (Å²) in [6.45, 7) is 0. The molecule has 0 aliphatic rings. The first-order valence-electron chi connectivity index (χ1n) is 4.77. The number of rotatable bonds is 4. The van der Waals surface area contributed by atoms with E-state index in [4.69, 9.17) is 23.2 Å². The second kappa shape index (κ2) is 5.91. The standard InChI is InChI=1S/C10H9Cl2N3S2/c1-13-10-8(14-15-17-10)5-16-9-4-6(11)2-3-7(9)12/h2-4,13H,5H2,1H3. The minimum atomic E-state index is 0.683. The summed E-state index contributed by atoms with van der Waals surface area (Å²) in [7, 11) is 1.86. The van der Waals surface area contributed by atoms with Crippen LogP contribution in [0, 0.1) is 0 Å². The Balaban J connectivity index is 2.09. The molecule has 0 spiro atoms. The number of benzene rings is 1. The Bertz CT molecular complexity index is 516. The van der Waals surface area contributed by atoms with Gasteiger partial charge in [0.15, 0.2) is 0 Å². The molecule has 0 aliphatic carbocycles. The third-order valence-corrected chi connectivity index (χ3v) is 4.57. The predicted octanol–water partition coefficient (Wildman–Crippen LogP) is 4.18. The Hall–Kier alpha value is -0.490. The van der Waals surface area contributed by atoms with Gasteiger partial charge in [-0.25, -0.2) is 0 Å². The van der Waals surface area contributed by atoms with Crippen molar-refractivity contribution in [2.75, 3.05) is 12.4 Å². The van der Waals surface area contributed by atoms with Crippen molar-refractivity contribution in [3.63, 3.8) is 0 Å². The molecule has 1 aromatic carbocycles. The lowest BCUT2D eigenvalue weighted by molar-refractivity contribution is 1.07. The van der Waals surface area contributed by atoms with Crippen LogP contribution in [0.2, 0.25) is 10.0 Å². The molecule has 0 amide bonds. The summed E-state index contributed by atoms with van der Waals surface area (Å²) in [6, 6.07) is 5.43. The van der Waals surface area contributed by atoms with E-state index < -0.39 is 0 Å². The molecule has 0 bridgehead atoms. The molecular weight excluding hydrogens is 297 g/mol. The van der Waals surface area contributed by atoms with Crippen molar-refractivity contribution in [1.29, 1.82) is 0 Å². The third-order valence-electron chi connectivity index (χ3n) is 2.04. The molecule has 0 saturated carbocycles. The molecular formula is C10H9Cl2N3S2. The Morgan fingerprint density at radius 2 is 2.24 bits per heavy atom. The van der Waals surface area contributed by atoms with Crippen LogP contribution in [0.5, 0.6) is 0 Å². The highest BCUT2D eigenvalue weighted by atomic mass is 35.5. The average molecular weight is 306 g/mol. The summed E-state index contributed by atoms with van der Waals surface area (Å²) in [5.74, 6) is 0.715. The highest BCUT2D eigenvalue weighted by molar-refractivity contribution is 7.98. The molecule has 0 radical (unpaired) electrons. The number of hydrogen-bond donors (Lipinski definition) is 1. The normalized spacial score (nSPS) is 10.5. The fourth-order valence-corrected chi connectivity index (χ4v) is 3.28. The van der Waals surface area contributed by atoms with Gasteiger partial charge in [-0.2, -0.15) is 0 Å². The van der Waals surface area contributed by atoms with Gasteiger partial charge in [-0.3, -0.25) is 0 Å². The van der Waals surface area contributed by atoms with Crippen molar-refractivity contribution >= 4 is 51.5 Å². The molecule has 0 fully saturated rings. The van der Waals surface area contributed by atoms with E-state index in [1.807, 2.05) is 13.1 Å². The largest absolute Gasteiger partial charge is 0.377 e. The zero-order valence-corrected chi connectivity index (χ0v) is 12.1. The second-order valence-electron chi connectivity index (χ2n) is 3.16. The summed E-state index contributed by atoms with van der Waals surface area (Å²) in [6.07, 6.45) is 0. The zero-order valence-electron chi connectivity index (χ0n) is 8.91. The second-order valence-corrected chi connectivity index (χ2v) is 5.78. The number of thioether (sulfide) groups is 1. The van der Waals surface area contributed by atoms with Gasteiger partial charge in [-0.1, -0.05) is 27.7 Å². The van der Waals surface area contributed by atoms with Crippen LogP contribution in [0.3, 0.4) is 0 Å². The Morgan fingerprint density at radius 3 is 3.00 bits per heavy atom. The SMILES string of the molecule is CNc1snnc1CSc1cc(Cl)ccc1Cl. The lowest BCUT2D eigenvalue weighted by atomic mass is 10.4. The van der Waals surface area contributed by atoms with Gasteiger partial charge in [-0.05, 0) is 18.2 Å². The molecule has 2 aromatic rings. The van der Waals surface area contributed by atoms with Crippen molar-refractivity contribution in [3.8, 4) is 0 Å². The maximum atomic E-state index is 6.08. The summed E-state index contributed by atoms with van der Waals surface area (Å²) in [5.41, 5.74) is 0.929. The first kappa shape index (κ1) is 13.0. The number of aromatic nitrogens is 2. The van der Waals surface area contributed by atoms with Gasteiger partial charge in [0.2, 0.25) is 0 Å². The maximum absolute atomic E-state index is 6.08. The smallest absolute Gasteiger partial charge is 0.133 e. The summed E-state index contributed by atoms with van der Waals surface area (Å²) < 4.78 is 3.90. The maximum Gasteiger partial charge on any atom is 0.133 e. The quantitative estimate of drug-likeness (QED) is 0.860. The topological polar surface area (TPSA) is 37.8 Å². The van der Waals surface area contributed by atoms with E-state index in [1.165, 1.54) is 11.5 Å². The summed E-state index contributed by atoms with van der Waals surface area (Å²) in [4.78, 5) is 0.953. The van der Waals surface area contributed by atoms with Gasteiger partial charge < -0.3 is 5.32 Å². The minimum Gasteiger partial charge on any atom is -0.377 e. The van der Waals surface area contributed by atoms with Crippen LogP contribution in [0.15, 0.2) is 23.1 Å². The Labute approximate surface area is 118 Å². The van der Waals surface area contributed by atoms with Crippen LogP contribution >= 0.6 is 46.5 Å². The number of nitrogens with one attached hydrogen (secondary N) is 1. The van der Waals surface area contributed by atoms with Crippen molar-refractivity contribution in [1.82, 2.24) is 9.59 Å². The van der Waals surface area contributed by atoms with Crippen LogP contribution in [-0.2, 0) is 5.75 Å². The van der Waals surface area contributed by atoms with Gasteiger partial charge in [-0.15, -0.1) is 16.9 Å². The monoisotopic (exact) mass is 305 g/mol. The van der Waals surface area contributed by atoms with Crippen LogP contribution in [-0.4, -0.2) is 16.6 Å². The van der Waals surface area contributed by atoms with Gasteiger partial charge in [0.05, 0.1) is 5.02 Å². The van der Waals surface area contributed by atoms with E-state index in [2.05, 4.69) is 14.9 Å². The Morgan fingerprint density at radius 1 is 1.41 bits per heavy atom. The van der Waals surface area contributed by atoms with Crippen LogP contribution in [0.1, 0.15) is 5.69 Å². The molecule has 3 nitrogen and oxygen atoms in total. The highest BCUT2D eigenvalue weighted by Crippen LogP contribution is 2.33. The van der Waals surface area contributed by atoms with Crippen LogP contribution in [0.4, 0.5) is 5.00 Å². The highest BCUT2D eigenvalue weighted by Gasteiger charge is 2.08. The van der Waals surface area contributed by atoms with Gasteiger partial charge in [0.25, 0.3) is 0 Å². The zero-order chi connectivity index (χ0) is 12.3. The molecule has 1 aromatic heterocycles.